The summed E-state index contributed by atoms with van der Waals surface area (Å²) in [4.78, 5) is 16.6. The van der Waals surface area contributed by atoms with E-state index in [1.165, 1.54) is 0 Å². The number of halogens is 2. The van der Waals surface area contributed by atoms with E-state index in [1.54, 1.807) is 0 Å². The van der Waals surface area contributed by atoms with Crippen LogP contribution in [-0.4, -0.2) is 35.3 Å². The van der Waals surface area contributed by atoms with Gasteiger partial charge in [-0.1, -0.05) is 61.3 Å². The number of amides is 1. The first kappa shape index (κ1) is 27.9. The third kappa shape index (κ3) is 6.15. The number of likely N-dealkylation sites (tertiary alicyclic amines) is 1. The average molecular weight is 544 g/mol. The summed E-state index contributed by atoms with van der Waals surface area (Å²) in [6, 6.07) is 17.7. The predicted molar refractivity (Wildman–Crippen MR) is 146 cm³/mol. The van der Waals surface area contributed by atoms with Gasteiger partial charge in [0.1, 0.15) is 0 Å². The molecule has 0 bridgehead atoms. The second kappa shape index (κ2) is 11.3. The lowest BCUT2D eigenvalue weighted by molar-refractivity contribution is -0.163. The average Bonchev–Trinajstić information content (AvgIpc) is 3.20. The van der Waals surface area contributed by atoms with E-state index in [0.29, 0.717) is 42.3 Å². The van der Waals surface area contributed by atoms with Crippen LogP contribution in [0, 0.1) is 16.7 Å². The minimum absolute atomic E-state index is 0.00552. The fraction of sp³-hybridized carbons (Fsp3) is 0.533. The molecular formula is C30H36Cl2N2O3. The van der Waals surface area contributed by atoms with Crippen molar-refractivity contribution in [1.82, 2.24) is 4.90 Å². The molecule has 198 valence electrons. The summed E-state index contributed by atoms with van der Waals surface area (Å²) < 4.78 is 12.0. The van der Waals surface area contributed by atoms with Gasteiger partial charge in [-0.2, -0.15) is 5.26 Å². The van der Waals surface area contributed by atoms with Crippen molar-refractivity contribution >= 4 is 29.1 Å². The Morgan fingerprint density at radius 3 is 2.43 bits per heavy atom. The lowest BCUT2D eigenvalue weighted by atomic mass is 9.66. The van der Waals surface area contributed by atoms with E-state index >= 15 is 0 Å². The van der Waals surface area contributed by atoms with Crippen LogP contribution in [0.4, 0.5) is 0 Å². The smallest absolute Gasteiger partial charge is 0.229 e. The topological polar surface area (TPSA) is 62.6 Å². The van der Waals surface area contributed by atoms with Crippen molar-refractivity contribution < 1.29 is 14.3 Å². The highest BCUT2D eigenvalue weighted by Crippen LogP contribution is 2.53. The summed E-state index contributed by atoms with van der Waals surface area (Å²) >= 11 is 12.7. The quantitative estimate of drug-likeness (QED) is 0.343. The highest BCUT2D eigenvalue weighted by Gasteiger charge is 2.53. The number of carbonyl (C=O) groups excluding carboxylic acids is 1. The summed E-state index contributed by atoms with van der Waals surface area (Å²) in [5.41, 5.74) is 1.45. The Balaban J connectivity index is 1.83. The van der Waals surface area contributed by atoms with Crippen LogP contribution >= 0.6 is 23.2 Å². The van der Waals surface area contributed by atoms with E-state index < -0.39 is 11.2 Å². The van der Waals surface area contributed by atoms with Crippen LogP contribution in [0.2, 0.25) is 10.0 Å². The zero-order valence-electron chi connectivity index (χ0n) is 22.0. The molecule has 2 aliphatic rings. The van der Waals surface area contributed by atoms with Gasteiger partial charge in [0.2, 0.25) is 5.91 Å². The number of piperidine rings is 1. The first-order valence-corrected chi connectivity index (χ1v) is 13.8. The lowest BCUT2D eigenvalue weighted by Gasteiger charge is -2.52. The maximum absolute atomic E-state index is 14.5. The molecule has 7 heteroatoms. The number of nitriles is 1. The molecule has 2 fully saturated rings. The van der Waals surface area contributed by atoms with Crippen LogP contribution in [0.3, 0.4) is 0 Å². The minimum Gasteiger partial charge on any atom is -0.348 e. The first-order chi connectivity index (χ1) is 17.6. The molecule has 1 amide bonds. The van der Waals surface area contributed by atoms with Crippen LogP contribution < -0.4 is 0 Å². The summed E-state index contributed by atoms with van der Waals surface area (Å²) in [5.74, 6) is -0.562. The SMILES string of the molecule is CCC(CCC#N)N1C(=O)C(C)(CC2COC(C)(C)O2)CC(c2cccc(Cl)c2)C1c1ccc(Cl)cc1. The molecule has 2 aromatic carbocycles. The molecule has 2 saturated heterocycles. The Morgan fingerprint density at radius 2 is 1.84 bits per heavy atom. The van der Waals surface area contributed by atoms with E-state index in [-0.39, 0.29) is 30.0 Å². The maximum atomic E-state index is 14.5. The molecule has 0 saturated carbocycles. The van der Waals surface area contributed by atoms with Crippen molar-refractivity contribution in [2.24, 2.45) is 5.41 Å². The molecule has 5 unspecified atom stereocenters. The highest BCUT2D eigenvalue weighted by atomic mass is 35.5. The number of ether oxygens (including phenoxy) is 2. The Bertz CT molecular complexity index is 1150. The number of benzene rings is 2. The molecule has 5 atom stereocenters. The predicted octanol–water partition coefficient (Wildman–Crippen LogP) is 7.68. The van der Waals surface area contributed by atoms with Gasteiger partial charge in [-0.05, 0) is 74.9 Å². The number of hydrogen-bond acceptors (Lipinski definition) is 4. The van der Waals surface area contributed by atoms with Crippen LogP contribution in [0.15, 0.2) is 48.5 Å². The molecule has 37 heavy (non-hydrogen) atoms. The third-order valence-electron chi connectivity index (χ3n) is 7.79. The largest absolute Gasteiger partial charge is 0.348 e. The zero-order valence-corrected chi connectivity index (χ0v) is 23.6. The molecule has 0 spiro atoms. The van der Waals surface area contributed by atoms with Gasteiger partial charge in [-0.3, -0.25) is 4.79 Å². The Kier molecular flexibility index (Phi) is 8.55. The summed E-state index contributed by atoms with van der Waals surface area (Å²) in [7, 11) is 0. The van der Waals surface area contributed by atoms with Gasteiger partial charge in [0, 0.05) is 33.8 Å². The van der Waals surface area contributed by atoms with E-state index in [4.69, 9.17) is 32.7 Å². The van der Waals surface area contributed by atoms with Crippen LogP contribution in [0.1, 0.15) is 82.9 Å². The Labute approximate surface area is 230 Å². The van der Waals surface area contributed by atoms with Gasteiger partial charge in [-0.25, -0.2) is 0 Å². The fourth-order valence-electron chi connectivity index (χ4n) is 6.11. The van der Waals surface area contributed by atoms with Gasteiger partial charge in [0.25, 0.3) is 0 Å². The van der Waals surface area contributed by atoms with E-state index in [0.717, 1.165) is 17.5 Å². The van der Waals surface area contributed by atoms with Crippen LogP contribution in [0.25, 0.3) is 0 Å². The molecule has 0 aromatic heterocycles. The van der Waals surface area contributed by atoms with Crippen molar-refractivity contribution in [3.8, 4) is 6.07 Å². The Hall–Kier alpha value is -2.10. The van der Waals surface area contributed by atoms with Crippen molar-refractivity contribution in [2.75, 3.05) is 6.61 Å². The molecule has 0 N–H and O–H groups in total. The normalized spacial score (nSPS) is 28.2. The summed E-state index contributed by atoms with van der Waals surface area (Å²) in [6.45, 7) is 8.42. The number of nitrogens with zero attached hydrogens (tertiary/aromatic N) is 2. The van der Waals surface area contributed by atoms with Gasteiger partial charge >= 0.3 is 0 Å². The van der Waals surface area contributed by atoms with E-state index in [2.05, 4.69) is 30.9 Å². The highest BCUT2D eigenvalue weighted by molar-refractivity contribution is 6.30. The summed E-state index contributed by atoms with van der Waals surface area (Å²) in [5, 5.41) is 10.7. The zero-order chi connectivity index (χ0) is 26.8. The molecular weight excluding hydrogens is 507 g/mol. The molecule has 0 aliphatic carbocycles. The molecule has 0 radical (unpaired) electrons. The van der Waals surface area contributed by atoms with Crippen LogP contribution in [0.5, 0.6) is 0 Å². The standard InChI is InChI=1S/C30H36Cl2N2O3/c1-5-24(10-7-15-33)34-27(20-11-13-22(31)14-12-20)26(21-8-6-9-23(32)16-21)18-30(4,28(34)35)17-25-19-36-29(2,3)37-25/h6,8-9,11-14,16,24-27H,5,7,10,17-19H2,1-4H3. The lowest BCUT2D eigenvalue weighted by Crippen LogP contribution is -2.56. The molecule has 2 aromatic rings. The van der Waals surface area contributed by atoms with Crippen molar-refractivity contribution in [3.63, 3.8) is 0 Å². The third-order valence-corrected chi connectivity index (χ3v) is 8.28. The van der Waals surface area contributed by atoms with Crippen LogP contribution in [-0.2, 0) is 14.3 Å². The first-order valence-electron chi connectivity index (χ1n) is 13.1. The minimum atomic E-state index is -0.676. The second-order valence-electron chi connectivity index (χ2n) is 11.0. The fourth-order valence-corrected chi connectivity index (χ4v) is 6.43. The van der Waals surface area contributed by atoms with Gasteiger partial charge in [0.05, 0.1) is 24.8 Å². The van der Waals surface area contributed by atoms with Crippen molar-refractivity contribution in [2.45, 2.75) is 89.7 Å². The van der Waals surface area contributed by atoms with Gasteiger partial charge in [-0.15, -0.1) is 0 Å². The number of carbonyl (C=O) groups is 1. The van der Waals surface area contributed by atoms with E-state index in [9.17, 15) is 10.1 Å². The van der Waals surface area contributed by atoms with Crippen molar-refractivity contribution in [1.29, 1.82) is 5.26 Å². The van der Waals surface area contributed by atoms with E-state index in [1.807, 2.05) is 56.3 Å². The monoisotopic (exact) mass is 542 g/mol. The number of hydrogen-bond donors (Lipinski definition) is 0. The second-order valence-corrected chi connectivity index (χ2v) is 11.9. The molecule has 4 rings (SSSR count). The van der Waals surface area contributed by atoms with Crippen molar-refractivity contribution in [3.05, 3.63) is 69.7 Å². The molecule has 2 aliphatic heterocycles. The van der Waals surface area contributed by atoms with Gasteiger partial charge < -0.3 is 14.4 Å². The number of rotatable bonds is 8. The van der Waals surface area contributed by atoms with Gasteiger partial charge in [0.15, 0.2) is 5.79 Å². The maximum Gasteiger partial charge on any atom is 0.229 e. The Morgan fingerprint density at radius 1 is 1.11 bits per heavy atom. The molecule has 5 nitrogen and oxygen atoms in total. The molecule has 2 heterocycles. The summed E-state index contributed by atoms with van der Waals surface area (Å²) in [6.07, 6.45) is 2.80.